The predicted molar refractivity (Wildman–Crippen MR) is 94.7 cm³/mol. The smallest absolute Gasteiger partial charge is 0.335 e. The first-order valence-corrected chi connectivity index (χ1v) is 8.09. The molecule has 1 fully saturated rings. The van der Waals surface area contributed by atoms with Gasteiger partial charge < -0.3 is 15.5 Å². The molecule has 1 aromatic carbocycles. The van der Waals surface area contributed by atoms with Crippen LogP contribution in [0.25, 0.3) is 6.08 Å². The van der Waals surface area contributed by atoms with Crippen LogP contribution in [0.4, 0.5) is 0 Å². The van der Waals surface area contributed by atoms with Gasteiger partial charge in [0.05, 0.1) is 10.5 Å². The molecule has 1 amide bonds. The Balaban J connectivity index is 2.26. The van der Waals surface area contributed by atoms with Gasteiger partial charge >= 0.3 is 11.9 Å². The molecule has 0 spiro atoms. The van der Waals surface area contributed by atoms with E-state index >= 15 is 0 Å². The maximum atomic E-state index is 11.9. The van der Waals surface area contributed by atoms with Crippen LogP contribution >= 0.6 is 24.0 Å². The second-order valence-corrected chi connectivity index (χ2v) is 6.54. The molecule has 0 radical (unpaired) electrons. The van der Waals surface area contributed by atoms with Crippen molar-refractivity contribution in [2.45, 2.75) is 12.8 Å². The van der Waals surface area contributed by atoms with Crippen LogP contribution in [0.5, 0.6) is 0 Å². The number of aliphatic carboxylic acids is 1. The summed E-state index contributed by atoms with van der Waals surface area (Å²) in [6.45, 7) is 0. The summed E-state index contributed by atoms with van der Waals surface area (Å²) in [5, 5.41) is 20.2. The Morgan fingerprint density at radius 2 is 1.83 bits per heavy atom. The van der Waals surface area contributed by atoms with E-state index in [2.05, 4.69) is 5.32 Å². The molecule has 0 aliphatic carbocycles. The fraction of sp³-hybridized carbons (Fsp3) is 0.125. The minimum absolute atomic E-state index is 0.109. The van der Waals surface area contributed by atoms with E-state index in [9.17, 15) is 14.4 Å². The van der Waals surface area contributed by atoms with Crippen LogP contribution in [0.3, 0.4) is 0 Å². The lowest BCUT2D eigenvalue weighted by Gasteiger charge is -2.03. The highest BCUT2D eigenvalue weighted by molar-refractivity contribution is 8.26. The molecule has 1 aliphatic heterocycles. The molecule has 1 aromatic rings. The highest BCUT2D eigenvalue weighted by Gasteiger charge is 2.25. The molecule has 0 bridgehead atoms. The number of nitrogens with one attached hydrogen (secondary N) is 1. The number of benzene rings is 1. The molecular weight excluding hydrogens is 350 g/mol. The van der Waals surface area contributed by atoms with Gasteiger partial charge in [-0.3, -0.25) is 9.59 Å². The van der Waals surface area contributed by atoms with Gasteiger partial charge in [-0.1, -0.05) is 48.3 Å². The zero-order valence-electron chi connectivity index (χ0n) is 12.3. The molecule has 1 aliphatic rings. The van der Waals surface area contributed by atoms with Gasteiger partial charge in [-0.25, -0.2) is 4.79 Å². The molecule has 1 heterocycles. The molecule has 2 rings (SSSR count). The number of hydrogen-bond donors (Lipinski definition) is 3. The second-order valence-electron chi connectivity index (χ2n) is 4.85. The molecule has 0 aromatic heterocycles. The van der Waals surface area contributed by atoms with E-state index < -0.39 is 11.9 Å². The van der Waals surface area contributed by atoms with Gasteiger partial charge in [-0.05, 0) is 29.7 Å². The highest BCUT2D eigenvalue weighted by Crippen LogP contribution is 2.30. The number of thioether (sulfide) groups is 1. The molecular formula is C16H13NO5S2. The normalized spacial score (nSPS) is 16.3. The van der Waals surface area contributed by atoms with Crippen molar-refractivity contribution in [3.05, 3.63) is 51.9 Å². The first kappa shape index (κ1) is 17.9. The Bertz CT molecular complexity index is 765. The van der Waals surface area contributed by atoms with E-state index in [4.69, 9.17) is 22.4 Å². The molecule has 24 heavy (non-hydrogen) atoms. The molecule has 0 saturated carbocycles. The van der Waals surface area contributed by atoms with Crippen molar-refractivity contribution >= 4 is 52.2 Å². The molecule has 1 saturated heterocycles. The first-order valence-electron chi connectivity index (χ1n) is 6.86. The van der Waals surface area contributed by atoms with Crippen molar-refractivity contribution in [3.8, 4) is 0 Å². The molecule has 124 valence electrons. The molecule has 3 N–H and O–H groups in total. The lowest BCUT2D eigenvalue weighted by atomic mass is 10.1. The van der Waals surface area contributed by atoms with Gasteiger partial charge in [0.15, 0.2) is 0 Å². The van der Waals surface area contributed by atoms with E-state index in [1.807, 2.05) is 0 Å². The van der Waals surface area contributed by atoms with Gasteiger partial charge in [-0.15, -0.1) is 0 Å². The third-order valence-electron chi connectivity index (χ3n) is 3.15. The zero-order valence-corrected chi connectivity index (χ0v) is 13.9. The summed E-state index contributed by atoms with van der Waals surface area (Å²) >= 11 is 6.05. The van der Waals surface area contributed by atoms with Crippen LogP contribution in [0.2, 0.25) is 0 Å². The van der Waals surface area contributed by atoms with Crippen LogP contribution in [-0.4, -0.2) is 32.4 Å². The number of carbonyl (C=O) groups excluding carboxylic acids is 1. The summed E-state index contributed by atoms with van der Waals surface area (Å²) in [7, 11) is 0. The standard InChI is InChI=1S/C16H13NO5S2/c18-12(19)8-7-10(13-14(20)17-16(23)24-13)4-1-9-2-5-11(6-3-9)15(21)22/h1-6H,7-8H2,(H,18,19)(H,21,22)(H,17,20,23). The summed E-state index contributed by atoms with van der Waals surface area (Å²) in [4.78, 5) is 33.9. The third kappa shape index (κ3) is 4.77. The highest BCUT2D eigenvalue weighted by atomic mass is 32.2. The Kier molecular flexibility index (Phi) is 5.88. The fourth-order valence-corrected chi connectivity index (χ4v) is 3.09. The zero-order chi connectivity index (χ0) is 17.7. The minimum Gasteiger partial charge on any atom is -0.481 e. The lowest BCUT2D eigenvalue weighted by Crippen LogP contribution is -2.18. The van der Waals surface area contributed by atoms with Crippen molar-refractivity contribution in [1.82, 2.24) is 5.32 Å². The number of amides is 1. The van der Waals surface area contributed by atoms with E-state index in [1.54, 1.807) is 24.3 Å². The summed E-state index contributed by atoms with van der Waals surface area (Å²) in [6.07, 6.45) is 3.44. The van der Waals surface area contributed by atoms with Crippen molar-refractivity contribution in [3.63, 3.8) is 0 Å². The number of carboxylic acid groups (broad SMARTS) is 2. The maximum absolute atomic E-state index is 11.9. The fourth-order valence-electron chi connectivity index (χ4n) is 1.97. The first-order chi connectivity index (χ1) is 11.4. The average Bonchev–Trinajstić information content (AvgIpc) is 2.86. The van der Waals surface area contributed by atoms with Crippen LogP contribution in [0, 0.1) is 0 Å². The Labute approximate surface area is 147 Å². The number of allylic oxidation sites excluding steroid dienone is 2. The Hall–Kier alpha value is -2.45. The van der Waals surface area contributed by atoms with E-state index in [1.165, 1.54) is 12.1 Å². The number of aromatic carboxylic acids is 1. The SMILES string of the molecule is O=C(O)CCC(C=Cc1ccc(C(=O)O)cc1)=C1SC(=S)NC1=O. The number of thiocarbonyl (C=S) groups is 1. The Morgan fingerprint density at radius 3 is 2.33 bits per heavy atom. The van der Waals surface area contributed by atoms with Gasteiger partial charge in [0.25, 0.3) is 5.91 Å². The molecule has 6 nitrogen and oxygen atoms in total. The number of hydrogen-bond acceptors (Lipinski definition) is 5. The molecule has 0 unspecified atom stereocenters. The van der Waals surface area contributed by atoms with Crippen molar-refractivity contribution < 1.29 is 24.6 Å². The minimum atomic E-state index is -1.01. The van der Waals surface area contributed by atoms with E-state index in [0.717, 1.165) is 17.3 Å². The predicted octanol–water partition coefficient (Wildman–Crippen LogP) is 2.66. The number of carboxylic acids is 2. The quantitative estimate of drug-likeness (QED) is 0.527. The molecule has 8 heteroatoms. The average molecular weight is 363 g/mol. The van der Waals surface area contributed by atoms with Crippen LogP contribution in [0.15, 0.2) is 40.8 Å². The van der Waals surface area contributed by atoms with Crippen molar-refractivity contribution in [2.24, 2.45) is 0 Å². The lowest BCUT2D eigenvalue weighted by molar-refractivity contribution is -0.137. The van der Waals surface area contributed by atoms with Gasteiger partial charge in [-0.2, -0.15) is 0 Å². The molecule has 0 atom stereocenters. The topological polar surface area (TPSA) is 104 Å². The summed E-state index contributed by atoms with van der Waals surface area (Å²) in [6, 6.07) is 6.20. The number of rotatable bonds is 6. The summed E-state index contributed by atoms with van der Waals surface area (Å²) < 4.78 is 0.335. The van der Waals surface area contributed by atoms with E-state index in [0.29, 0.717) is 14.8 Å². The van der Waals surface area contributed by atoms with Gasteiger partial charge in [0.2, 0.25) is 0 Å². The number of carbonyl (C=O) groups is 3. The Morgan fingerprint density at radius 1 is 1.17 bits per heavy atom. The summed E-state index contributed by atoms with van der Waals surface area (Å²) in [5.74, 6) is -2.31. The van der Waals surface area contributed by atoms with Gasteiger partial charge in [0, 0.05) is 6.42 Å². The van der Waals surface area contributed by atoms with E-state index in [-0.39, 0.29) is 24.3 Å². The monoisotopic (exact) mass is 363 g/mol. The summed E-state index contributed by atoms with van der Waals surface area (Å²) in [5.41, 5.74) is 1.48. The largest absolute Gasteiger partial charge is 0.481 e. The van der Waals surface area contributed by atoms with Crippen LogP contribution < -0.4 is 5.32 Å². The second kappa shape index (κ2) is 7.89. The van der Waals surface area contributed by atoms with Crippen molar-refractivity contribution in [1.29, 1.82) is 0 Å². The van der Waals surface area contributed by atoms with Crippen LogP contribution in [-0.2, 0) is 9.59 Å². The maximum Gasteiger partial charge on any atom is 0.335 e. The third-order valence-corrected chi connectivity index (χ3v) is 4.44. The van der Waals surface area contributed by atoms with Crippen molar-refractivity contribution in [2.75, 3.05) is 0 Å². The van der Waals surface area contributed by atoms with Crippen LogP contribution in [0.1, 0.15) is 28.8 Å². The van der Waals surface area contributed by atoms with Gasteiger partial charge in [0.1, 0.15) is 4.32 Å².